The molecule has 6 aromatic rings. The molecule has 0 spiro atoms. The first-order valence-electron chi connectivity index (χ1n) is 11.4. The number of nitrogens with one attached hydrogen (secondary N) is 1. The minimum absolute atomic E-state index is 0.00428. The van der Waals surface area contributed by atoms with Crippen molar-refractivity contribution in [2.24, 2.45) is 0 Å². The Hall–Kier alpha value is -4.71. The average Bonchev–Trinajstić information content (AvgIpc) is 3.48. The number of carbonyl (C=O) groups is 1. The first-order valence-corrected chi connectivity index (χ1v) is 11.4. The fraction of sp³-hybridized carbons (Fsp3) is 0.0690. The summed E-state index contributed by atoms with van der Waals surface area (Å²) in [7, 11) is 0. The van der Waals surface area contributed by atoms with Crippen LogP contribution in [0.4, 0.5) is 0 Å². The number of aromatic amines is 1. The van der Waals surface area contributed by atoms with Crippen LogP contribution < -0.4 is 0 Å². The first-order chi connectivity index (χ1) is 17.0. The third-order valence-electron chi connectivity index (χ3n) is 6.22. The molecular weight excluding hydrogens is 436 g/mol. The van der Waals surface area contributed by atoms with Gasteiger partial charge in [0.15, 0.2) is 0 Å². The zero-order valence-electron chi connectivity index (χ0n) is 19.3. The Kier molecular flexibility index (Phi) is 4.74. The topological polar surface area (TPSA) is 83.8 Å². The molecule has 0 bridgehead atoms. The van der Waals surface area contributed by atoms with Gasteiger partial charge in [-0.2, -0.15) is 0 Å². The van der Waals surface area contributed by atoms with Crippen LogP contribution in [0.5, 0.6) is 0 Å². The molecule has 3 aromatic heterocycles. The van der Waals surface area contributed by atoms with Crippen molar-refractivity contribution in [1.29, 1.82) is 0 Å². The second-order valence-corrected chi connectivity index (χ2v) is 8.75. The predicted octanol–water partition coefficient (Wildman–Crippen LogP) is 6.55. The standard InChI is InChI=1S/C29H22N4O2/c1-17-14-18(2)16-20(15-17)33-25-11-4-7-21(23-9-5-10-24(31-23)29(34)35)27(25)32-28(33)22-8-3-6-19-12-13-30-26(19)22/h3-16,30H,1-2H3,(H,34,35). The molecule has 0 radical (unpaired) electrons. The summed E-state index contributed by atoms with van der Waals surface area (Å²) in [5, 5.41) is 10.6. The van der Waals surface area contributed by atoms with Gasteiger partial charge in [0.2, 0.25) is 0 Å². The van der Waals surface area contributed by atoms with Gasteiger partial charge in [-0.3, -0.25) is 4.57 Å². The van der Waals surface area contributed by atoms with Crippen molar-refractivity contribution in [2.45, 2.75) is 13.8 Å². The van der Waals surface area contributed by atoms with Crippen LogP contribution in [0.25, 0.3) is 50.3 Å². The minimum atomic E-state index is -1.06. The van der Waals surface area contributed by atoms with Crippen LogP contribution in [0, 0.1) is 13.8 Å². The molecule has 170 valence electrons. The quantitative estimate of drug-likeness (QED) is 0.314. The Bertz CT molecular complexity index is 1740. The van der Waals surface area contributed by atoms with Crippen molar-refractivity contribution in [3.8, 4) is 28.3 Å². The van der Waals surface area contributed by atoms with E-state index in [0.29, 0.717) is 5.69 Å². The molecule has 0 aliphatic heterocycles. The number of aromatic carboxylic acids is 1. The summed E-state index contributed by atoms with van der Waals surface area (Å²) in [5.41, 5.74) is 8.41. The Morgan fingerprint density at radius 2 is 1.60 bits per heavy atom. The van der Waals surface area contributed by atoms with Crippen molar-refractivity contribution in [1.82, 2.24) is 19.5 Å². The molecule has 35 heavy (non-hydrogen) atoms. The van der Waals surface area contributed by atoms with Gasteiger partial charge >= 0.3 is 5.97 Å². The first kappa shape index (κ1) is 20.9. The lowest BCUT2D eigenvalue weighted by Gasteiger charge is -2.12. The third-order valence-corrected chi connectivity index (χ3v) is 6.22. The van der Waals surface area contributed by atoms with Crippen LogP contribution in [0.3, 0.4) is 0 Å². The zero-order valence-corrected chi connectivity index (χ0v) is 19.3. The lowest BCUT2D eigenvalue weighted by molar-refractivity contribution is 0.0690. The van der Waals surface area contributed by atoms with Crippen LogP contribution in [-0.4, -0.2) is 30.6 Å². The Morgan fingerprint density at radius 3 is 2.40 bits per heavy atom. The van der Waals surface area contributed by atoms with Gasteiger partial charge < -0.3 is 10.1 Å². The number of pyridine rings is 1. The van der Waals surface area contributed by atoms with Gasteiger partial charge in [0.25, 0.3) is 0 Å². The van der Waals surface area contributed by atoms with E-state index in [1.807, 2.05) is 36.5 Å². The van der Waals surface area contributed by atoms with E-state index >= 15 is 0 Å². The minimum Gasteiger partial charge on any atom is -0.477 e. The maximum atomic E-state index is 11.6. The summed E-state index contributed by atoms with van der Waals surface area (Å²) in [6.07, 6.45) is 1.94. The van der Waals surface area contributed by atoms with E-state index < -0.39 is 5.97 Å². The Labute approximate surface area is 201 Å². The number of aryl methyl sites for hydroxylation is 2. The van der Waals surface area contributed by atoms with Gasteiger partial charge in [-0.15, -0.1) is 0 Å². The maximum Gasteiger partial charge on any atom is 0.354 e. The number of rotatable bonds is 4. The number of benzene rings is 3. The van der Waals surface area contributed by atoms with Crippen LogP contribution in [0.15, 0.2) is 85.1 Å². The van der Waals surface area contributed by atoms with Gasteiger partial charge in [0.1, 0.15) is 11.5 Å². The monoisotopic (exact) mass is 458 g/mol. The highest BCUT2D eigenvalue weighted by Crippen LogP contribution is 2.36. The van der Waals surface area contributed by atoms with Crippen molar-refractivity contribution >= 4 is 27.9 Å². The molecular formula is C29H22N4O2. The number of para-hydroxylation sites is 2. The van der Waals surface area contributed by atoms with Crippen molar-refractivity contribution in [3.63, 3.8) is 0 Å². The molecule has 0 aliphatic carbocycles. The van der Waals surface area contributed by atoms with Gasteiger partial charge in [0, 0.05) is 28.4 Å². The fourth-order valence-corrected chi connectivity index (χ4v) is 4.80. The van der Waals surface area contributed by atoms with Crippen molar-refractivity contribution in [3.05, 3.63) is 102 Å². The molecule has 6 rings (SSSR count). The van der Waals surface area contributed by atoms with Crippen LogP contribution in [0.1, 0.15) is 21.6 Å². The van der Waals surface area contributed by atoms with Crippen molar-refractivity contribution in [2.75, 3.05) is 0 Å². The highest BCUT2D eigenvalue weighted by atomic mass is 16.4. The lowest BCUT2D eigenvalue weighted by atomic mass is 10.1. The Morgan fingerprint density at radius 1 is 0.857 bits per heavy atom. The average molecular weight is 459 g/mol. The molecule has 3 heterocycles. The van der Waals surface area contributed by atoms with E-state index in [9.17, 15) is 9.90 Å². The van der Waals surface area contributed by atoms with E-state index in [-0.39, 0.29) is 5.69 Å². The second-order valence-electron chi connectivity index (χ2n) is 8.75. The molecule has 2 N–H and O–H groups in total. The molecule has 6 nitrogen and oxygen atoms in total. The normalized spacial score (nSPS) is 11.4. The summed E-state index contributed by atoms with van der Waals surface area (Å²) in [6.45, 7) is 4.18. The molecule has 0 fully saturated rings. The van der Waals surface area contributed by atoms with E-state index in [4.69, 9.17) is 4.98 Å². The van der Waals surface area contributed by atoms with Gasteiger partial charge in [0.05, 0.1) is 22.2 Å². The SMILES string of the molecule is Cc1cc(C)cc(-n2c(-c3cccc4cc[nH]c34)nc3c(-c4cccc(C(=O)O)n4)cccc32)c1. The molecule has 3 aromatic carbocycles. The molecule has 0 aliphatic rings. The number of H-pyrrole nitrogens is 1. The number of carboxylic acids is 1. The number of imidazole rings is 1. The van der Waals surface area contributed by atoms with Gasteiger partial charge in [-0.25, -0.2) is 14.8 Å². The van der Waals surface area contributed by atoms with E-state index in [0.717, 1.165) is 55.7 Å². The number of hydrogen-bond donors (Lipinski definition) is 2. The predicted molar refractivity (Wildman–Crippen MR) is 138 cm³/mol. The van der Waals surface area contributed by atoms with Crippen molar-refractivity contribution < 1.29 is 9.90 Å². The molecule has 6 heteroatoms. The molecule has 0 saturated carbocycles. The van der Waals surface area contributed by atoms with E-state index in [1.54, 1.807) is 6.07 Å². The molecule has 0 unspecified atom stereocenters. The number of fused-ring (bicyclic) bond motifs is 2. The van der Waals surface area contributed by atoms with Crippen LogP contribution in [-0.2, 0) is 0 Å². The summed E-state index contributed by atoms with van der Waals surface area (Å²) in [5.74, 6) is -0.251. The number of carboxylic acid groups (broad SMARTS) is 1. The van der Waals surface area contributed by atoms with Crippen LogP contribution >= 0.6 is 0 Å². The van der Waals surface area contributed by atoms with Gasteiger partial charge in [-0.05, 0) is 67.4 Å². The molecule has 0 atom stereocenters. The summed E-state index contributed by atoms with van der Waals surface area (Å²) in [4.78, 5) is 24.5. The van der Waals surface area contributed by atoms with E-state index in [2.05, 4.69) is 64.8 Å². The number of aromatic nitrogens is 4. The lowest BCUT2D eigenvalue weighted by Crippen LogP contribution is -2.00. The van der Waals surface area contributed by atoms with Crippen LogP contribution in [0.2, 0.25) is 0 Å². The fourth-order valence-electron chi connectivity index (χ4n) is 4.80. The highest BCUT2D eigenvalue weighted by molar-refractivity contribution is 5.99. The number of nitrogens with zero attached hydrogens (tertiary/aromatic N) is 3. The highest BCUT2D eigenvalue weighted by Gasteiger charge is 2.20. The largest absolute Gasteiger partial charge is 0.477 e. The zero-order chi connectivity index (χ0) is 24.1. The van der Waals surface area contributed by atoms with E-state index in [1.165, 1.54) is 6.07 Å². The molecule has 0 amide bonds. The maximum absolute atomic E-state index is 11.6. The third kappa shape index (κ3) is 3.47. The number of hydrogen-bond acceptors (Lipinski definition) is 3. The second kappa shape index (κ2) is 7.95. The van der Waals surface area contributed by atoms with Gasteiger partial charge in [-0.1, -0.05) is 36.4 Å². The smallest absolute Gasteiger partial charge is 0.354 e. The Balaban J connectivity index is 1.71. The molecule has 0 saturated heterocycles. The summed E-state index contributed by atoms with van der Waals surface area (Å²) >= 11 is 0. The summed E-state index contributed by atoms with van der Waals surface area (Å²) < 4.78 is 2.18. The summed E-state index contributed by atoms with van der Waals surface area (Å²) in [6, 6.07) is 25.7.